The largest absolute Gasteiger partial charge is 0.312 e. The standard InChI is InChI=1S/C10H5BrCl2N2O/c11-8-9(14-4-15-10(8)16)5-1-2-6(12)7(13)3-5/h1-4H,(H,14,15,16). The minimum Gasteiger partial charge on any atom is -0.312 e. The summed E-state index contributed by atoms with van der Waals surface area (Å²) in [6.07, 6.45) is 1.34. The molecule has 82 valence electrons. The molecule has 1 aromatic carbocycles. The Labute approximate surface area is 110 Å². The topological polar surface area (TPSA) is 45.8 Å². The first-order chi connectivity index (χ1) is 7.59. The number of rotatable bonds is 1. The molecule has 2 rings (SSSR count). The number of aromatic nitrogens is 2. The lowest BCUT2D eigenvalue weighted by molar-refractivity contribution is 1.10. The van der Waals surface area contributed by atoms with Gasteiger partial charge in [-0.2, -0.15) is 0 Å². The molecule has 0 aliphatic heterocycles. The van der Waals surface area contributed by atoms with Crippen molar-refractivity contribution in [2.75, 3.05) is 0 Å². The van der Waals surface area contributed by atoms with E-state index in [9.17, 15) is 4.79 Å². The highest BCUT2D eigenvalue weighted by Crippen LogP contribution is 2.29. The summed E-state index contributed by atoms with van der Waals surface area (Å²) in [7, 11) is 0. The molecule has 0 radical (unpaired) electrons. The van der Waals surface area contributed by atoms with Gasteiger partial charge in [-0.05, 0) is 28.1 Å². The summed E-state index contributed by atoms with van der Waals surface area (Å²) in [6.45, 7) is 0. The lowest BCUT2D eigenvalue weighted by atomic mass is 10.1. The fourth-order valence-electron chi connectivity index (χ4n) is 1.23. The van der Waals surface area contributed by atoms with E-state index in [0.717, 1.165) is 5.56 Å². The van der Waals surface area contributed by atoms with Crippen LogP contribution in [0.25, 0.3) is 11.3 Å². The summed E-state index contributed by atoms with van der Waals surface area (Å²) >= 11 is 14.9. The SMILES string of the molecule is O=c1[nH]cnc(-c2ccc(Cl)c(Cl)c2)c1Br. The molecular formula is C10H5BrCl2N2O. The Morgan fingerprint density at radius 3 is 2.69 bits per heavy atom. The van der Waals surface area contributed by atoms with E-state index in [4.69, 9.17) is 23.2 Å². The maximum absolute atomic E-state index is 11.4. The molecule has 6 heteroatoms. The molecule has 1 heterocycles. The third-order valence-corrected chi connectivity index (χ3v) is 3.46. The zero-order chi connectivity index (χ0) is 11.7. The number of hydrogen-bond acceptors (Lipinski definition) is 2. The number of H-pyrrole nitrogens is 1. The van der Waals surface area contributed by atoms with E-state index < -0.39 is 0 Å². The molecule has 16 heavy (non-hydrogen) atoms. The van der Waals surface area contributed by atoms with Gasteiger partial charge in [-0.1, -0.05) is 29.3 Å². The van der Waals surface area contributed by atoms with E-state index in [2.05, 4.69) is 25.9 Å². The van der Waals surface area contributed by atoms with E-state index in [1.807, 2.05) is 0 Å². The Morgan fingerprint density at radius 2 is 2.00 bits per heavy atom. The van der Waals surface area contributed by atoms with Crippen LogP contribution in [0.5, 0.6) is 0 Å². The van der Waals surface area contributed by atoms with E-state index in [1.165, 1.54) is 6.33 Å². The van der Waals surface area contributed by atoms with Crippen molar-refractivity contribution in [3.63, 3.8) is 0 Å². The smallest absolute Gasteiger partial charge is 0.265 e. The van der Waals surface area contributed by atoms with Crippen LogP contribution in [0.3, 0.4) is 0 Å². The van der Waals surface area contributed by atoms with E-state index in [-0.39, 0.29) is 5.56 Å². The highest BCUT2D eigenvalue weighted by Gasteiger charge is 2.09. The molecule has 3 nitrogen and oxygen atoms in total. The van der Waals surface area contributed by atoms with Crippen LogP contribution in [-0.4, -0.2) is 9.97 Å². The molecule has 0 aliphatic rings. The molecule has 0 spiro atoms. The van der Waals surface area contributed by atoms with Crippen LogP contribution in [0.15, 0.2) is 33.8 Å². The van der Waals surface area contributed by atoms with Crippen molar-refractivity contribution in [2.24, 2.45) is 0 Å². The number of hydrogen-bond donors (Lipinski definition) is 1. The maximum Gasteiger partial charge on any atom is 0.265 e. The second-order valence-corrected chi connectivity index (χ2v) is 4.63. The zero-order valence-corrected chi connectivity index (χ0v) is 10.9. The minimum atomic E-state index is -0.240. The van der Waals surface area contributed by atoms with Crippen LogP contribution in [0, 0.1) is 0 Å². The Balaban J connectivity index is 2.63. The lowest BCUT2D eigenvalue weighted by Crippen LogP contribution is -2.08. The van der Waals surface area contributed by atoms with E-state index in [1.54, 1.807) is 18.2 Å². The molecule has 0 atom stereocenters. The number of aromatic amines is 1. The van der Waals surface area contributed by atoms with Gasteiger partial charge in [0.1, 0.15) is 4.47 Å². The molecule has 0 saturated carbocycles. The number of nitrogens with one attached hydrogen (secondary N) is 1. The molecule has 2 aromatic rings. The molecule has 0 aliphatic carbocycles. The highest BCUT2D eigenvalue weighted by atomic mass is 79.9. The van der Waals surface area contributed by atoms with Crippen LogP contribution in [0.2, 0.25) is 10.0 Å². The first kappa shape index (κ1) is 11.6. The third-order valence-electron chi connectivity index (χ3n) is 1.99. The fraction of sp³-hybridized carbons (Fsp3) is 0. The van der Waals surface area contributed by atoms with Crippen LogP contribution in [0.1, 0.15) is 0 Å². The zero-order valence-electron chi connectivity index (χ0n) is 7.80. The molecule has 1 N–H and O–H groups in total. The summed E-state index contributed by atoms with van der Waals surface area (Å²) < 4.78 is 0.369. The van der Waals surface area contributed by atoms with E-state index >= 15 is 0 Å². The molecule has 0 unspecified atom stereocenters. The van der Waals surface area contributed by atoms with Gasteiger partial charge in [0.05, 0.1) is 22.1 Å². The monoisotopic (exact) mass is 318 g/mol. The molecular weight excluding hydrogens is 315 g/mol. The van der Waals surface area contributed by atoms with Gasteiger partial charge in [0, 0.05) is 5.56 Å². The average Bonchev–Trinajstić information content (AvgIpc) is 2.26. The second-order valence-electron chi connectivity index (χ2n) is 3.02. The van der Waals surface area contributed by atoms with Gasteiger partial charge in [0.2, 0.25) is 0 Å². The molecule has 0 bridgehead atoms. The Bertz CT molecular complexity index is 598. The quantitative estimate of drug-likeness (QED) is 0.874. The normalized spacial score (nSPS) is 10.4. The van der Waals surface area contributed by atoms with Gasteiger partial charge < -0.3 is 4.98 Å². The van der Waals surface area contributed by atoms with E-state index in [0.29, 0.717) is 20.2 Å². The summed E-state index contributed by atoms with van der Waals surface area (Å²) in [5, 5.41) is 0.888. The van der Waals surface area contributed by atoms with Crippen molar-refractivity contribution in [1.29, 1.82) is 0 Å². The van der Waals surface area contributed by atoms with Gasteiger partial charge in [-0.15, -0.1) is 0 Å². The Hall–Kier alpha value is -0.840. The first-order valence-electron chi connectivity index (χ1n) is 4.28. The summed E-state index contributed by atoms with van der Waals surface area (Å²) in [4.78, 5) is 17.9. The number of nitrogens with zero attached hydrogens (tertiary/aromatic N) is 1. The van der Waals surface area contributed by atoms with Crippen molar-refractivity contribution in [3.05, 3.63) is 49.4 Å². The van der Waals surface area contributed by atoms with Gasteiger partial charge in [0.25, 0.3) is 5.56 Å². The molecule has 1 aromatic heterocycles. The minimum absolute atomic E-state index is 0.240. The maximum atomic E-state index is 11.4. The molecule has 0 saturated heterocycles. The van der Waals surface area contributed by atoms with Crippen molar-refractivity contribution >= 4 is 39.1 Å². The predicted molar refractivity (Wildman–Crippen MR) is 68.0 cm³/mol. The van der Waals surface area contributed by atoms with Crippen molar-refractivity contribution in [2.45, 2.75) is 0 Å². The Kier molecular flexibility index (Phi) is 3.33. The molecule has 0 amide bonds. The lowest BCUT2D eigenvalue weighted by Gasteiger charge is -2.03. The Morgan fingerprint density at radius 1 is 1.25 bits per heavy atom. The number of halogens is 3. The van der Waals surface area contributed by atoms with Crippen molar-refractivity contribution in [3.8, 4) is 11.3 Å². The first-order valence-corrected chi connectivity index (χ1v) is 5.83. The predicted octanol–water partition coefficient (Wildman–Crippen LogP) is 3.51. The summed E-state index contributed by atoms with van der Waals surface area (Å²) in [5.41, 5.74) is 1.02. The van der Waals surface area contributed by atoms with Gasteiger partial charge >= 0.3 is 0 Å². The van der Waals surface area contributed by atoms with Crippen LogP contribution in [-0.2, 0) is 0 Å². The molecule has 0 fully saturated rings. The average molecular weight is 320 g/mol. The summed E-state index contributed by atoms with van der Waals surface area (Å²) in [5.74, 6) is 0. The van der Waals surface area contributed by atoms with Gasteiger partial charge in [-0.3, -0.25) is 4.79 Å². The van der Waals surface area contributed by atoms with Gasteiger partial charge in [-0.25, -0.2) is 4.98 Å². The summed E-state index contributed by atoms with van der Waals surface area (Å²) in [6, 6.07) is 5.08. The van der Waals surface area contributed by atoms with Crippen molar-refractivity contribution < 1.29 is 0 Å². The van der Waals surface area contributed by atoms with Crippen LogP contribution < -0.4 is 5.56 Å². The number of benzene rings is 1. The second kappa shape index (κ2) is 4.57. The fourth-order valence-corrected chi connectivity index (χ4v) is 1.97. The van der Waals surface area contributed by atoms with Crippen LogP contribution >= 0.6 is 39.1 Å². The van der Waals surface area contributed by atoms with Gasteiger partial charge in [0.15, 0.2) is 0 Å². The highest BCUT2D eigenvalue weighted by molar-refractivity contribution is 9.10. The van der Waals surface area contributed by atoms with Crippen molar-refractivity contribution in [1.82, 2.24) is 9.97 Å². The van der Waals surface area contributed by atoms with Crippen LogP contribution in [0.4, 0.5) is 0 Å². The third kappa shape index (κ3) is 2.14.